The van der Waals surface area contributed by atoms with Crippen LogP contribution in [0.25, 0.3) is 0 Å². The Morgan fingerprint density at radius 2 is 0.743 bits per heavy atom. The maximum atomic E-state index is 11.4. The van der Waals surface area contributed by atoms with Crippen LogP contribution in [0.3, 0.4) is 0 Å². The van der Waals surface area contributed by atoms with Crippen molar-refractivity contribution in [1.29, 1.82) is 0 Å². The van der Waals surface area contributed by atoms with Crippen molar-refractivity contribution in [2.45, 2.75) is 175 Å². The van der Waals surface area contributed by atoms with E-state index in [1.54, 1.807) is 73.2 Å². The number of aryl methyl sites for hydroxylation is 8. The van der Waals surface area contributed by atoms with Crippen LogP contribution in [-0.4, -0.2) is 70.8 Å². The van der Waals surface area contributed by atoms with Gasteiger partial charge in [0.2, 0.25) is 0 Å². The molecule has 0 saturated heterocycles. The van der Waals surface area contributed by atoms with Crippen molar-refractivity contribution >= 4 is 35.6 Å². The zero-order valence-electron chi connectivity index (χ0n) is 61.7. The van der Waals surface area contributed by atoms with E-state index in [1.807, 2.05) is 73.7 Å². The van der Waals surface area contributed by atoms with E-state index < -0.39 is 23.9 Å². The molecule has 109 heavy (non-hydrogen) atoms. The molecule has 4 aromatic heterocycles. The van der Waals surface area contributed by atoms with Crippen LogP contribution in [0.5, 0.6) is 23.0 Å². The first-order chi connectivity index (χ1) is 53.3. The summed E-state index contributed by atoms with van der Waals surface area (Å²) in [6.07, 6.45) is 33.3. The van der Waals surface area contributed by atoms with E-state index in [4.69, 9.17) is 14.2 Å². The van der Waals surface area contributed by atoms with Crippen LogP contribution in [0.1, 0.15) is 221 Å². The van der Waals surface area contributed by atoms with E-state index in [0.29, 0.717) is 65.6 Å². The fourth-order valence-electron chi connectivity index (χ4n) is 15.9. The Balaban J connectivity index is 0.000000136. The average Bonchev–Trinajstić information content (AvgIpc) is 0.822. The van der Waals surface area contributed by atoms with E-state index in [2.05, 4.69) is 117 Å². The monoisotopic (exact) mass is 1470 g/mol. The first-order valence-electron chi connectivity index (χ1n) is 38.2. The van der Waals surface area contributed by atoms with Gasteiger partial charge in [0.1, 0.15) is 29.6 Å². The number of carbonyl (C=O) groups is 4. The van der Waals surface area contributed by atoms with Crippen LogP contribution in [0.4, 0.5) is 0 Å². The van der Waals surface area contributed by atoms with Crippen molar-refractivity contribution < 1.29 is 53.8 Å². The fraction of sp³-hybridized carbons (Fsp3) is 0.290. The summed E-state index contributed by atoms with van der Waals surface area (Å²) < 4.78 is 17.6. The van der Waals surface area contributed by atoms with Gasteiger partial charge in [0, 0.05) is 59.4 Å². The number of para-hydroxylation sites is 1. The molecule has 0 fully saturated rings. The quantitative estimate of drug-likeness (QED) is 0.0417. The van der Waals surface area contributed by atoms with Gasteiger partial charge in [-0.1, -0.05) is 103 Å². The van der Waals surface area contributed by atoms with Crippen LogP contribution < -0.4 is 14.2 Å². The van der Waals surface area contributed by atoms with Crippen molar-refractivity contribution in [1.82, 2.24) is 19.9 Å². The van der Waals surface area contributed by atoms with Crippen molar-refractivity contribution in [2.24, 2.45) is 0 Å². The second-order valence-electron chi connectivity index (χ2n) is 28.3. The number of hydrogen-bond donors (Lipinski definition) is 4. The molecule has 0 radical (unpaired) electrons. The minimum absolute atomic E-state index is 0.354. The lowest BCUT2D eigenvalue weighted by Crippen LogP contribution is -2.12. The molecule has 0 aliphatic heterocycles. The molecule has 11 aromatic rings. The molecule has 0 bridgehead atoms. The van der Waals surface area contributed by atoms with Crippen LogP contribution in [0.2, 0.25) is 0 Å². The van der Waals surface area contributed by atoms with Gasteiger partial charge in [-0.15, -0.1) is 0 Å². The van der Waals surface area contributed by atoms with Crippen molar-refractivity contribution in [3.05, 3.63) is 332 Å². The van der Waals surface area contributed by atoms with Gasteiger partial charge in [0.25, 0.3) is 0 Å². The molecule has 4 unspecified atom stereocenters. The molecule has 0 spiro atoms. The number of carboxylic acid groups (broad SMARTS) is 4. The number of pyridine rings is 4. The maximum Gasteiger partial charge on any atom is 0.336 e. The van der Waals surface area contributed by atoms with Gasteiger partial charge in [-0.05, 0) is 328 Å². The largest absolute Gasteiger partial charge is 0.494 e. The van der Waals surface area contributed by atoms with Crippen LogP contribution in [0.15, 0.2) is 247 Å². The van der Waals surface area contributed by atoms with E-state index in [1.165, 1.54) is 86.0 Å². The molecular weight excluding hydrogens is 1380 g/mol. The van der Waals surface area contributed by atoms with Gasteiger partial charge in [-0.2, -0.15) is 0 Å². The SMILES string of the molecule is CCOc1ccc2c(c1)CCCC2CCc1cnccc1C(=O)O.O=C(O)c1ccncc1CCC1CCCc2cc(OCc3ccccc3)ccc21.O=C(O)c1ccncc1CCC1CCCc2cc(Sc3ccccc3)ccc21.O=C(O)c1ccncc1CCC1CCCc2ccc(Oc3ccccc3)cc21. The van der Waals surface area contributed by atoms with Gasteiger partial charge in [-0.25, -0.2) is 19.2 Å². The van der Waals surface area contributed by atoms with Gasteiger partial charge >= 0.3 is 23.9 Å². The summed E-state index contributed by atoms with van der Waals surface area (Å²) in [5, 5.41) is 37.5. The number of carboxylic acids is 4. The topological polar surface area (TPSA) is 228 Å². The number of ether oxygens (including phenoxy) is 3. The summed E-state index contributed by atoms with van der Waals surface area (Å²) in [6, 6.07) is 62.9. The highest BCUT2D eigenvalue weighted by molar-refractivity contribution is 7.99. The number of benzene rings is 7. The summed E-state index contributed by atoms with van der Waals surface area (Å²) in [5.41, 5.74) is 17.0. The van der Waals surface area contributed by atoms with Crippen molar-refractivity contribution in [2.75, 3.05) is 6.61 Å². The first kappa shape index (κ1) is 77.4. The van der Waals surface area contributed by atoms with E-state index in [-0.39, 0.29) is 0 Å². The third kappa shape index (κ3) is 21.6. The molecule has 0 saturated carbocycles. The number of aromatic nitrogens is 4. The lowest BCUT2D eigenvalue weighted by molar-refractivity contribution is 0.0684. The predicted octanol–water partition coefficient (Wildman–Crippen LogP) is 21.3. The molecule has 16 heteroatoms. The van der Waals surface area contributed by atoms with Crippen LogP contribution in [-0.2, 0) is 58.0 Å². The van der Waals surface area contributed by atoms with Crippen LogP contribution >= 0.6 is 11.8 Å². The molecule has 4 aliphatic carbocycles. The van der Waals surface area contributed by atoms with Gasteiger partial charge < -0.3 is 34.6 Å². The minimum atomic E-state index is -0.889. The summed E-state index contributed by atoms with van der Waals surface area (Å²) >= 11 is 1.80. The molecule has 4 atom stereocenters. The van der Waals surface area contributed by atoms with E-state index in [9.17, 15) is 39.6 Å². The molecule has 15 rings (SSSR count). The fourth-order valence-corrected chi connectivity index (χ4v) is 16.8. The van der Waals surface area contributed by atoms with E-state index >= 15 is 0 Å². The lowest BCUT2D eigenvalue weighted by Gasteiger charge is -2.26. The number of rotatable bonds is 25. The first-order valence-corrected chi connectivity index (χ1v) is 39.0. The highest BCUT2D eigenvalue weighted by atomic mass is 32.2. The highest BCUT2D eigenvalue weighted by Gasteiger charge is 2.27. The molecule has 558 valence electrons. The summed E-state index contributed by atoms with van der Waals surface area (Å²) in [6.45, 7) is 3.25. The molecule has 4 heterocycles. The van der Waals surface area contributed by atoms with Gasteiger partial charge in [0.15, 0.2) is 0 Å². The normalized spacial score (nSPS) is 15.8. The van der Waals surface area contributed by atoms with Crippen molar-refractivity contribution in [3.8, 4) is 23.0 Å². The predicted molar refractivity (Wildman–Crippen MR) is 426 cm³/mol. The molecule has 4 N–H and O–H groups in total. The Kier molecular flexibility index (Phi) is 27.7. The van der Waals surface area contributed by atoms with Gasteiger partial charge in [-0.3, -0.25) is 19.9 Å². The molecule has 4 aliphatic rings. The third-order valence-electron chi connectivity index (χ3n) is 21.3. The van der Waals surface area contributed by atoms with Crippen LogP contribution in [0, 0.1) is 0 Å². The Bertz CT molecular complexity index is 4870. The zero-order valence-corrected chi connectivity index (χ0v) is 62.5. The highest BCUT2D eigenvalue weighted by Crippen LogP contribution is 2.42. The smallest absolute Gasteiger partial charge is 0.336 e. The van der Waals surface area contributed by atoms with E-state index in [0.717, 1.165) is 154 Å². The molecule has 0 amide bonds. The lowest BCUT2D eigenvalue weighted by atomic mass is 9.79. The molecule has 15 nitrogen and oxygen atoms in total. The third-order valence-corrected chi connectivity index (χ3v) is 22.3. The minimum Gasteiger partial charge on any atom is -0.494 e. The number of nitrogens with zero attached hydrogens (tertiary/aromatic N) is 4. The number of aromatic carboxylic acids is 4. The summed E-state index contributed by atoms with van der Waals surface area (Å²) in [4.78, 5) is 64.6. The van der Waals surface area contributed by atoms with Gasteiger partial charge in [0.05, 0.1) is 28.9 Å². The number of hydrogen-bond acceptors (Lipinski definition) is 12. The Morgan fingerprint density at radius 1 is 0.367 bits per heavy atom. The summed E-state index contributed by atoms with van der Waals surface area (Å²) in [7, 11) is 0. The second-order valence-corrected chi connectivity index (χ2v) is 29.5. The standard InChI is InChI=1S/C25H25NO3.C24H23NO3.C24H23NO2S.C20H23NO3/c27-25(28)24-13-14-26-16-21(24)10-9-19-7-4-8-20-15-22(11-12-23(19)20)29-17-18-5-2-1-3-6-18;26-24(27)22-13-14-25-16-19(22)10-9-17-5-4-6-18-11-12-21(15-23(17)18)28-20-7-2-1-3-8-20;26-24(27)23-13-14-25-16-19(23)10-9-17-5-4-6-18-15-21(11-12-22(17)18)28-20-7-2-1-3-8-20;1-2-24-17-8-9-18-14(4-3-5-15(18)12-17)6-7-16-13-21-11-10-19(16)20(22)23/h1-3,5-6,11-16,19H,4,7-10,17H2,(H,27,28);2*1-3,7-8,11-17H,4-6,9-10H2,(H,26,27);8-14H,2-7H2,1H3,(H,22,23). The molecular formula is C93H94N4O11S. The second kappa shape index (κ2) is 39.0. The van der Waals surface area contributed by atoms with Crippen molar-refractivity contribution in [3.63, 3.8) is 0 Å². The summed E-state index contributed by atoms with van der Waals surface area (Å²) in [5.74, 6) is 1.83. The average molecular weight is 1480 g/mol. The Morgan fingerprint density at radius 3 is 1.17 bits per heavy atom. The Labute approximate surface area is 642 Å². The zero-order chi connectivity index (χ0) is 75.7. The number of fused-ring (bicyclic) bond motifs is 4. The molecule has 7 aromatic carbocycles. The Hall–Kier alpha value is -11.2. The maximum absolute atomic E-state index is 11.4.